The highest BCUT2D eigenvalue weighted by Crippen LogP contribution is 2.33. The van der Waals surface area contributed by atoms with Crippen LogP contribution in [0.15, 0.2) is 109 Å². The molecule has 0 unspecified atom stereocenters. The second-order valence-electron chi connectivity index (χ2n) is 7.97. The molecule has 4 aromatic heterocycles. The average Bonchev–Trinajstić information content (AvgIpc) is 3.37. The Morgan fingerprint density at radius 2 is 0.906 bits per heavy atom. The zero-order chi connectivity index (χ0) is 21.1. The monoisotopic (exact) mass is 410 g/mol. The van der Waals surface area contributed by atoms with E-state index in [0.717, 1.165) is 55.2 Å². The molecule has 7 aromatic rings. The predicted octanol–water partition coefficient (Wildman–Crippen LogP) is 6.67. The van der Waals surface area contributed by atoms with Crippen LogP contribution >= 0.6 is 0 Å². The van der Waals surface area contributed by atoms with Crippen LogP contribution in [0.3, 0.4) is 0 Å². The number of rotatable bonds is 2. The molecule has 4 heteroatoms. The van der Waals surface area contributed by atoms with E-state index in [-0.39, 0.29) is 0 Å². The van der Waals surface area contributed by atoms with Crippen molar-refractivity contribution in [2.45, 2.75) is 0 Å². The van der Waals surface area contributed by atoms with Crippen LogP contribution in [0, 0.1) is 0 Å². The van der Waals surface area contributed by atoms with Crippen LogP contribution in [0.4, 0.5) is 0 Å². The predicted molar refractivity (Wildman–Crippen MR) is 131 cm³/mol. The summed E-state index contributed by atoms with van der Waals surface area (Å²) in [4.78, 5) is 9.35. The molecule has 150 valence electrons. The summed E-state index contributed by atoms with van der Waals surface area (Å²) in [6.45, 7) is 0. The maximum atomic E-state index is 4.68. The van der Waals surface area contributed by atoms with Gasteiger partial charge in [-0.3, -0.25) is 9.97 Å². The van der Waals surface area contributed by atoms with Crippen molar-refractivity contribution in [2.75, 3.05) is 0 Å². The van der Waals surface area contributed by atoms with Crippen LogP contribution in [0.2, 0.25) is 0 Å². The van der Waals surface area contributed by atoms with Crippen molar-refractivity contribution < 1.29 is 0 Å². The Kier molecular flexibility index (Phi) is 3.52. The Morgan fingerprint density at radius 1 is 0.438 bits per heavy atom. The Morgan fingerprint density at radius 3 is 1.44 bits per heavy atom. The Labute approximate surface area is 184 Å². The van der Waals surface area contributed by atoms with E-state index in [2.05, 4.69) is 104 Å². The molecule has 0 saturated carbocycles. The fraction of sp³-hybridized carbons (Fsp3) is 0. The minimum atomic E-state index is 1.02. The molecule has 4 heterocycles. The molecule has 32 heavy (non-hydrogen) atoms. The SMILES string of the molecule is c1cc(-n2c3ccccc3c3ncccc32)cc(-n2c3ccccc3c3ncccc32)c1. The zero-order valence-electron chi connectivity index (χ0n) is 17.2. The summed E-state index contributed by atoms with van der Waals surface area (Å²) < 4.78 is 4.60. The van der Waals surface area contributed by atoms with Crippen molar-refractivity contribution in [3.8, 4) is 11.4 Å². The molecule has 7 rings (SSSR count). The number of hydrogen-bond acceptors (Lipinski definition) is 2. The van der Waals surface area contributed by atoms with E-state index >= 15 is 0 Å². The molecule has 0 fully saturated rings. The van der Waals surface area contributed by atoms with Crippen molar-refractivity contribution in [1.29, 1.82) is 0 Å². The topological polar surface area (TPSA) is 35.6 Å². The van der Waals surface area contributed by atoms with Gasteiger partial charge in [0.25, 0.3) is 0 Å². The van der Waals surface area contributed by atoms with Crippen molar-refractivity contribution in [3.05, 3.63) is 109 Å². The molecule has 0 aliphatic heterocycles. The number of para-hydroxylation sites is 2. The molecular weight excluding hydrogens is 392 g/mol. The first kappa shape index (κ1) is 17.3. The first-order chi connectivity index (χ1) is 15.9. The molecule has 0 bridgehead atoms. The molecular formula is C28H18N4. The lowest BCUT2D eigenvalue weighted by atomic mass is 10.2. The number of hydrogen-bond donors (Lipinski definition) is 0. The Hall–Kier alpha value is -4.44. The summed E-state index contributed by atoms with van der Waals surface area (Å²) in [5.74, 6) is 0. The number of fused-ring (bicyclic) bond motifs is 6. The smallest absolute Gasteiger partial charge is 0.0963 e. The third-order valence-corrected chi connectivity index (χ3v) is 6.20. The van der Waals surface area contributed by atoms with Gasteiger partial charge in [0.15, 0.2) is 0 Å². The van der Waals surface area contributed by atoms with Gasteiger partial charge in [0.05, 0.1) is 33.1 Å². The third-order valence-electron chi connectivity index (χ3n) is 6.20. The molecule has 0 atom stereocenters. The summed E-state index contributed by atoms with van der Waals surface area (Å²) in [5.41, 5.74) is 8.78. The highest BCUT2D eigenvalue weighted by Gasteiger charge is 2.15. The molecule has 0 aliphatic rings. The lowest BCUT2D eigenvalue weighted by Gasteiger charge is -2.12. The lowest BCUT2D eigenvalue weighted by Crippen LogP contribution is -1.98. The van der Waals surface area contributed by atoms with Crippen LogP contribution in [0.25, 0.3) is 55.2 Å². The Bertz CT molecular complexity index is 1550. The van der Waals surface area contributed by atoms with E-state index in [9.17, 15) is 0 Å². The van der Waals surface area contributed by atoms with Gasteiger partial charge in [-0.25, -0.2) is 0 Å². The van der Waals surface area contributed by atoms with Gasteiger partial charge in [-0.2, -0.15) is 0 Å². The molecule has 0 radical (unpaired) electrons. The number of pyridine rings is 2. The van der Waals surface area contributed by atoms with Gasteiger partial charge in [0, 0.05) is 34.5 Å². The molecule has 3 aromatic carbocycles. The molecule has 0 aliphatic carbocycles. The molecule has 0 N–H and O–H groups in total. The van der Waals surface area contributed by atoms with E-state index in [4.69, 9.17) is 0 Å². The Balaban J connectivity index is 1.55. The van der Waals surface area contributed by atoms with Crippen LogP contribution in [-0.2, 0) is 0 Å². The average molecular weight is 410 g/mol. The van der Waals surface area contributed by atoms with E-state index in [1.165, 1.54) is 0 Å². The van der Waals surface area contributed by atoms with Crippen LogP contribution < -0.4 is 0 Å². The standard InChI is InChI=1S/C28H18N4/c1-3-12-23-21(10-1)27-25(14-6-16-29-27)31(23)19-8-5-9-20(18-19)32-24-13-4-2-11-22(24)28-26(32)15-7-17-30-28/h1-18H. The summed E-state index contributed by atoms with van der Waals surface area (Å²) in [7, 11) is 0. The van der Waals surface area contributed by atoms with E-state index in [1.807, 2.05) is 24.5 Å². The third kappa shape index (κ3) is 2.32. The van der Waals surface area contributed by atoms with Crippen LogP contribution in [0.5, 0.6) is 0 Å². The minimum absolute atomic E-state index is 1.02. The van der Waals surface area contributed by atoms with Gasteiger partial charge in [0.2, 0.25) is 0 Å². The second kappa shape index (κ2) is 6.53. The highest BCUT2D eigenvalue weighted by atomic mass is 15.0. The minimum Gasteiger partial charge on any atom is -0.308 e. The number of aromatic nitrogens is 4. The van der Waals surface area contributed by atoms with E-state index in [0.29, 0.717) is 0 Å². The summed E-state index contributed by atoms with van der Waals surface area (Å²) in [5, 5.41) is 2.32. The largest absolute Gasteiger partial charge is 0.308 e. The second-order valence-corrected chi connectivity index (χ2v) is 7.97. The van der Waals surface area contributed by atoms with Gasteiger partial charge in [-0.05, 0) is 54.6 Å². The fourth-order valence-corrected chi connectivity index (χ4v) is 4.89. The maximum absolute atomic E-state index is 4.68. The maximum Gasteiger partial charge on any atom is 0.0963 e. The van der Waals surface area contributed by atoms with Gasteiger partial charge < -0.3 is 9.13 Å². The van der Waals surface area contributed by atoms with Crippen LogP contribution in [0.1, 0.15) is 0 Å². The van der Waals surface area contributed by atoms with Crippen molar-refractivity contribution in [1.82, 2.24) is 19.1 Å². The molecule has 0 spiro atoms. The van der Waals surface area contributed by atoms with Gasteiger partial charge in [0.1, 0.15) is 0 Å². The lowest BCUT2D eigenvalue weighted by molar-refractivity contribution is 1.13. The van der Waals surface area contributed by atoms with E-state index in [1.54, 1.807) is 0 Å². The van der Waals surface area contributed by atoms with Gasteiger partial charge in [-0.15, -0.1) is 0 Å². The summed E-state index contributed by atoms with van der Waals surface area (Å²) in [6, 6.07) is 33.9. The molecule has 0 saturated heterocycles. The normalized spacial score (nSPS) is 11.8. The quantitative estimate of drug-likeness (QED) is 0.319. The molecule has 4 nitrogen and oxygen atoms in total. The van der Waals surface area contributed by atoms with Crippen molar-refractivity contribution >= 4 is 43.9 Å². The first-order valence-electron chi connectivity index (χ1n) is 10.7. The number of nitrogens with zero attached hydrogens (tertiary/aromatic N) is 4. The summed E-state index contributed by atoms with van der Waals surface area (Å²) in [6.07, 6.45) is 3.72. The fourth-order valence-electron chi connectivity index (χ4n) is 4.89. The van der Waals surface area contributed by atoms with Crippen molar-refractivity contribution in [2.24, 2.45) is 0 Å². The zero-order valence-corrected chi connectivity index (χ0v) is 17.2. The first-order valence-corrected chi connectivity index (χ1v) is 10.7. The summed E-state index contributed by atoms with van der Waals surface area (Å²) >= 11 is 0. The van der Waals surface area contributed by atoms with E-state index < -0.39 is 0 Å². The molecule has 0 amide bonds. The highest BCUT2D eigenvalue weighted by molar-refractivity contribution is 6.08. The van der Waals surface area contributed by atoms with Gasteiger partial charge >= 0.3 is 0 Å². The number of benzene rings is 3. The van der Waals surface area contributed by atoms with Crippen molar-refractivity contribution in [3.63, 3.8) is 0 Å². The van der Waals surface area contributed by atoms with Crippen LogP contribution in [-0.4, -0.2) is 19.1 Å². The van der Waals surface area contributed by atoms with Gasteiger partial charge in [-0.1, -0.05) is 42.5 Å².